The second-order valence-corrected chi connectivity index (χ2v) is 3.51. The van der Waals surface area contributed by atoms with Crippen LogP contribution in [-0.2, 0) is 11.3 Å². The lowest BCUT2D eigenvalue weighted by Gasteiger charge is -2.17. The van der Waals surface area contributed by atoms with Crippen molar-refractivity contribution in [3.63, 3.8) is 0 Å². The van der Waals surface area contributed by atoms with Crippen LogP contribution in [0.1, 0.15) is 12.2 Å². The van der Waals surface area contributed by atoms with Gasteiger partial charge in [-0.1, -0.05) is 0 Å². The van der Waals surface area contributed by atoms with E-state index in [0.717, 1.165) is 12.2 Å². The molecule has 0 unspecified atom stereocenters. The number of hydrogen-bond donors (Lipinski definition) is 1. The number of amides is 2. The summed E-state index contributed by atoms with van der Waals surface area (Å²) in [7, 11) is 3.41. The van der Waals surface area contributed by atoms with Crippen molar-refractivity contribution in [1.29, 1.82) is 0 Å². The molecule has 1 aromatic rings. The third-order valence-electron chi connectivity index (χ3n) is 2.18. The highest BCUT2D eigenvalue weighted by Crippen LogP contribution is 1.99. The maximum atomic E-state index is 11.6. The second kappa shape index (κ2) is 6.90. The number of carbonyl (C=O) groups is 1. The molecule has 0 spiro atoms. The molecule has 1 rings (SSSR count). The van der Waals surface area contributed by atoms with Gasteiger partial charge in [0.1, 0.15) is 5.76 Å². The smallest absolute Gasteiger partial charge is 0.317 e. The summed E-state index contributed by atoms with van der Waals surface area (Å²) in [5, 5.41) is 2.76. The Balaban J connectivity index is 2.18. The van der Waals surface area contributed by atoms with Crippen LogP contribution in [0, 0.1) is 0 Å². The lowest BCUT2D eigenvalue weighted by molar-refractivity contribution is 0.175. The van der Waals surface area contributed by atoms with Crippen molar-refractivity contribution in [2.75, 3.05) is 27.3 Å². The van der Waals surface area contributed by atoms with Gasteiger partial charge >= 0.3 is 6.03 Å². The zero-order chi connectivity index (χ0) is 11.8. The first-order chi connectivity index (χ1) is 7.74. The number of methoxy groups -OCH3 is 1. The lowest BCUT2D eigenvalue weighted by Crippen LogP contribution is -2.37. The first-order valence-electron chi connectivity index (χ1n) is 5.24. The number of hydrogen-bond acceptors (Lipinski definition) is 3. The Morgan fingerprint density at radius 2 is 2.44 bits per heavy atom. The van der Waals surface area contributed by atoms with Gasteiger partial charge < -0.3 is 19.4 Å². The largest absolute Gasteiger partial charge is 0.467 e. The van der Waals surface area contributed by atoms with Gasteiger partial charge in [-0.25, -0.2) is 4.79 Å². The van der Waals surface area contributed by atoms with Crippen molar-refractivity contribution in [3.8, 4) is 0 Å². The molecule has 16 heavy (non-hydrogen) atoms. The predicted octanol–water partition coefficient (Wildman–Crippen LogP) is 1.46. The molecule has 0 fully saturated rings. The average Bonchev–Trinajstić information content (AvgIpc) is 2.79. The van der Waals surface area contributed by atoms with E-state index in [0.29, 0.717) is 19.7 Å². The van der Waals surface area contributed by atoms with Crippen molar-refractivity contribution < 1.29 is 13.9 Å². The number of furan rings is 1. The van der Waals surface area contributed by atoms with Crippen LogP contribution in [0.4, 0.5) is 4.79 Å². The first kappa shape index (κ1) is 12.6. The Labute approximate surface area is 95.4 Å². The van der Waals surface area contributed by atoms with Crippen molar-refractivity contribution in [2.45, 2.75) is 13.0 Å². The lowest BCUT2D eigenvalue weighted by atomic mass is 10.4. The molecule has 2 amide bonds. The van der Waals surface area contributed by atoms with Gasteiger partial charge in [0, 0.05) is 27.3 Å². The van der Waals surface area contributed by atoms with Crippen LogP contribution >= 0.6 is 0 Å². The average molecular weight is 226 g/mol. The highest BCUT2D eigenvalue weighted by atomic mass is 16.5. The van der Waals surface area contributed by atoms with Gasteiger partial charge in [0.2, 0.25) is 0 Å². The maximum Gasteiger partial charge on any atom is 0.317 e. The fraction of sp³-hybridized carbons (Fsp3) is 0.545. The highest BCUT2D eigenvalue weighted by molar-refractivity contribution is 5.73. The van der Waals surface area contributed by atoms with E-state index >= 15 is 0 Å². The molecular formula is C11H18N2O3. The number of nitrogens with one attached hydrogen (secondary N) is 1. The SMILES string of the molecule is COCCCN(C)C(=O)NCc1ccco1. The Kier molecular flexibility index (Phi) is 5.42. The summed E-state index contributed by atoms with van der Waals surface area (Å²) >= 11 is 0. The second-order valence-electron chi connectivity index (χ2n) is 3.51. The molecule has 0 bridgehead atoms. The molecule has 5 heteroatoms. The van der Waals surface area contributed by atoms with Gasteiger partial charge in [0.15, 0.2) is 0 Å². The standard InChI is InChI=1S/C11H18N2O3/c1-13(6-4-7-15-2)11(14)12-9-10-5-3-8-16-10/h3,5,8H,4,6-7,9H2,1-2H3,(H,12,14). The summed E-state index contributed by atoms with van der Waals surface area (Å²) in [5.74, 6) is 0.749. The molecule has 0 aliphatic rings. The fourth-order valence-corrected chi connectivity index (χ4v) is 1.26. The summed E-state index contributed by atoms with van der Waals surface area (Å²) in [6, 6.07) is 3.52. The third-order valence-corrected chi connectivity index (χ3v) is 2.18. The van der Waals surface area contributed by atoms with Gasteiger partial charge in [-0.15, -0.1) is 0 Å². The van der Waals surface area contributed by atoms with E-state index in [-0.39, 0.29) is 6.03 Å². The van der Waals surface area contributed by atoms with E-state index in [2.05, 4.69) is 5.32 Å². The minimum atomic E-state index is -0.104. The summed E-state index contributed by atoms with van der Waals surface area (Å²) in [6.45, 7) is 1.76. The monoisotopic (exact) mass is 226 g/mol. The number of carbonyl (C=O) groups excluding carboxylic acids is 1. The van der Waals surface area contributed by atoms with Crippen molar-refractivity contribution in [3.05, 3.63) is 24.2 Å². The molecule has 90 valence electrons. The van der Waals surface area contributed by atoms with E-state index in [1.807, 2.05) is 6.07 Å². The van der Waals surface area contributed by atoms with Gasteiger partial charge in [0.25, 0.3) is 0 Å². The quantitative estimate of drug-likeness (QED) is 0.747. The van der Waals surface area contributed by atoms with Crippen LogP contribution in [0.3, 0.4) is 0 Å². The van der Waals surface area contributed by atoms with Crippen LogP contribution in [0.5, 0.6) is 0 Å². The Hall–Kier alpha value is -1.49. The van der Waals surface area contributed by atoms with Crippen LogP contribution in [0.25, 0.3) is 0 Å². The summed E-state index contributed by atoms with van der Waals surface area (Å²) < 4.78 is 10.0. The molecule has 1 N–H and O–H groups in total. The molecule has 0 atom stereocenters. The summed E-state index contributed by atoms with van der Waals surface area (Å²) in [5.41, 5.74) is 0. The Morgan fingerprint density at radius 1 is 1.62 bits per heavy atom. The molecule has 0 radical (unpaired) electrons. The fourth-order valence-electron chi connectivity index (χ4n) is 1.26. The number of urea groups is 1. The zero-order valence-corrected chi connectivity index (χ0v) is 9.73. The topological polar surface area (TPSA) is 54.7 Å². The van der Waals surface area contributed by atoms with Gasteiger partial charge in [-0.2, -0.15) is 0 Å². The van der Waals surface area contributed by atoms with Gasteiger partial charge in [-0.05, 0) is 18.6 Å². The number of rotatable bonds is 6. The summed E-state index contributed by atoms with van der Waals surface area (Å²) in [6.07, 6.45) is 2.42. The molecular weight excluding hydrogens is 208 g/mol. The van der Waals surface area contributed by atoms with E-state index < -0.39 is 0 Å². The van der Waals surface area contributed by atoms with Gasteiger partial charge in [-0.3, -0.25) is 0 Å². The Bertz CT molecular complexity index is 298. The third kappa shape index (κ3) is 4.35. The van der Waals surface area contributed by atoms with E-state index in [1.54, 1.807) is 31.4 Å². The van der Waals surface area contributed by atoms with Crippen molar-refractivity contribution >= 4 is 6.03 Å². The van der Waals surface area contributed by atoms with Crippen LogP contribution in [-0.4, -0.2) is 38.2 Å². The van der Waals surface area contributed by atoms with E-state index in [1.165, 1.54) is 0 Å². The molecule has 5 nitrogen and oxygen atoms in total. The maximum absolute atomic E-state index is 11.6. The molecule has 0 saturated heterocycles. The first-order valence-corrected chi connectivity index (χ1v) is 5.24. The van der Waals surface area contributed by atoms with E-state index in [9.17, 15) is 4.79 Å². The van der Waals surface area contributed by atoms with Crippen LogP contribution < -0.4 is 5.32 Å². The van der Waals surface area contributed by atoms with Gasteiger partial charge in [0.05, 0.1) is 12.8 Å². The van der Waals surface area contributed by atoms with Crippen LogP contribution in [0.2, 0.25) is 0 Å². The van der Waals surface area contributed by atoms with E-state index in [4.69, 9.17) is 9.15 Å². The molecule has 1 heterocycles. The van der Waals surface area contributed by atoms with Crippen molar-refractivity contribution in [2.24, 2.45) is 0 Å². The Morgan fingerprint density at radius 3 is 3.06 bits per heavy atom. The molecule has 0 saturated carbocycles. The number of ether oxygens (including phenoxy) is 1. The summed E-state index contributed by atoms with van der Waals surface area (Å²) in [4.78, 5) is 13.2. The minimum absolute atomic E-state index is 0.104. The number of nitrogens with zero attached hydrogens (tertiary/aromatic N) is 1. The van der Waals surface area contributed by atoms with Crippen molar-refractivity contribution in [1.82, 2.24) is 10.2 Å². The highest BCUT2D eigenvalue weighted by Gasteiger charge is 2.07. The molecule has 0 aliphatic heterocycles. The normalized spacial score (nSPS) is 10.1. The minimum Gasteiger partial charge on any atom is -0.467 e. The molecule has 1 aromatic heterocycles. The predicted molar refractivity (Wildman–Crippen MR) is 60.1 cm³/mol. The van der Waals surface area contributed by atoms with Crippen LogP contribution in [0.15, 0.2) is 22.8 Å². The zero-order valence-electron chi connectivity index (χ0n) is 9.73. The molecule has 0 aromatic carbocycles. The molecule has 0 aliphatic carbocycles.